The van der Waals surface area contributed by atoms with E-state index in [1.807, 2.05) is 6.92 Å². The van der Waals surface area contributed by atoms with Crippen molar-refractivity contribution in [2.24, 2.45) is 0 Å². The summed E-state index contributed by atoms with van der Waals surface area (Å²) in [6.45, 7) is 3.89. The molecule has 31 heavy (non-hydrogen) atoms. The SMILES string of the molecule is CCCOc1ccc(N(CC(=O)N[C@@H](C)c2ccc(S(C)(=O)=O)cc2)S(C)(=O)=O)cc1. The molecule has 0 heterocycles. The summed E-state index contributed by atoms with van der Waals surface area (Å²) in [5.41, 5.74) is 1.05. The predicted octanol–water partition coefficient (Wildman–Crippen LogP) is 2.52. The molecule has 1 amide bonds. The van der Waals surface area contributed by atoms with Crippen molar-refractivity contribution in [2.75, 3.05) is 30.0 Å². The molecule has 0 radical (unpaired) electrons. The lowest BCUT2D eigenvalue weighted by Crippen LogP contribution is -2.41. The summed E-state index contributed by atoms with van der Waals surface area (Å²) in [5.74, 6) is 0.131. The Morgan fingerprint density at radius 3 is 2.06 bits per heavy atom. The lowest BCUT2D eigenvalue weighted by molar-refractivity contribution is -0.120. The van der Waals surface area contributed by atoms with Crippen molar-refractivity contribution in [1.82, 2.24) is 5.32 Å². The number of sulfone groups is 1. The molecule has 2 aromatic carbocycles. The molecular weight excluding hydrogens is 440 g/mol. The van der Waals surface area contributed by atoms with Crippen LogP contribution in [0.25, 0.3) is 0 Å². The van der Waals surface area contributed by atoms with Crippen LogP contribution in [0.1, 0.15) is 31.9 Å². The van der Waals surface area contributed by atoms with E-state index < -0.39 is 31.8 Å². The lowest BCUT2D eigenvalue weighted by atomic mass is 10.1. The number of hydrogen-bond acceptors (Lipinski definition) is 6. The number of nitrogens with zero attached hydrogens (tertiary/aromatic N) is 1. The van der Waals surface area contributed by atoms with Crippen molar-refractivity contribution in [3.8, 4) is 5.75 Å². The summed E-state index contributed by atoms with van der Waals surface area (Å²) in [5, 5.41) is 2.75. The maximum absolute atomic E-state index is 12.6. The number of rotatable bonds is 10. The van der Waals surface area contributed by atoms with E-state index in [9.17, 15) is 21.6 Å². The molecule has 0 aliphatic rings. The number of ether oxygens (including phenoxy) is 1. The summed E-state index contributed by atoms with van der Waals surface area (Å²) in [6.07, 6.45) is 3.01. The predicted molar refractivity (Wildman–Crippen MR) is 121 cm³/mol. The average molecular weight is 469 g/mol. The highest BCUT2D eigenvalue weighted by Crippen LogP contribution is 2.22. The maximum atomic E-state index is 12.6. The van der Waals surface area contributed by atoms with Crippen molar-refractivity contribution in [2.45, 2.75) is 31.2 Å². The first-order valence-electron chi connectivity index (χ1n) is 9.71. The molecule has 0 spiro atoms. The van der Waals surface area contributed by atoms with E-state index in [-0.39, 0.29) is 11.4 Å². The van der Waals surface area contributed by atoms with Crippen LogP contribution in [0.5, 0.6) is 5.75 Å². The van der Waals surface area contributed by atoms with Crippen LogP contribution in [0.4, 0.5) is 5.69 Å². The summed E-state index contributed by atoms with van der Waals surface area (Å²) in [7, 11) is -7.01. The molecule has 0 aliphatic heterocycles. The van der Waals surface area contributed by atoms with Crippen LogP contribution in [0, 0.1) is 0 Å². The van der Waals surface area contributed by atoms with Crippen LogP contribution in [-0.2, 0) is 24.7 Å². The molecule has 170 valence electrons. The van der Waals surface area contributed by atoms with Gasteiger partial charge in [-0.3, -0.25) is 9.10 Å². The molecule has 2 aromatic rings. The van der Waals surface area contributed by atoms with E-state index in [1.54, 1.807) is 43.3 Å². The van der Waals surface area contributed by atoms with Crippen LogP contribution < -0.4 is 14.4 Å². The molecule has 1 atom stereocenters. The van der Waals surface area contributed by atoms with E-state index in [1.165, 1.54) is 12.1 Å². The first kappa shape index (κ1) is 24.7. The number of benzene rings is 2. The molecule has 0 unspecified atom stereocenters. The lowest BCUT2D eigenvalue weighted by Gasteiger charge is -2.23. The van der Waals surface area contributed by atoms with Crippen LogP contribution in [0.3, 0.4) is 0 Å². The number of hydrogen-bond donors (Lipinski definition) is 1. The zero-order valence-electron chi connectivity index (χ0n) is 18.0. The van der Waals surface area contributed by atoms with E-state index in [0.29, 0.717) is 23.6 Å². The summed E-state index contributed by atoms with van der Waals surface area (Å²) in [4.78, 5) is 12.7. The monoisotopic (exact) mass is 468 g/mol. The second kappa shape index (κ2) is 10.1. The molecule has 0 fully saturated rings. The Morgan fingerprint density at radius 1 is 1.00 bits per heavy atom. The smallest absolute Gasteiger partial charge is 0.241 e. The highest BCUT2D eigenvalue weighted by molar-refractivity contribution is 7.92. The standard InChI is InChI=1S/C21H28N2O6S2/c1-5-14-29-19-10-8-18(9-11-19)23(31(4,27)28)15-21(24)22-16(2)17-6-12-20(13-7-17)30(3,25)26/h6-13,16H,5,14-15H2,1-4H3,(H,22,24)/t16-/m0/s1. The third-order valence-electron chi connectivity index (χ3n) is 4.47. The van der Waals surface area contributed by atoms with Crippen molar-refractivity contribution < 1.29 is 26.4 Å². The normalized spacial score (nSPS) is 12.8. The second-order valence-electron chi connectivity index (χ2n) is 7.24. The Balaban J connectivity index is 2.10. The number of amides is 1. The zero-order chi connectivity index (χ0) is 23.2. The van der Waals surface area contributed by atoms with Gasteiger partial charge in [0.05, 0.1) is 29.5 Å². The zero-order valence-corrected chi connectivity index (χ0v) is 19.7. The first-order chi connectivity index (χ1) is 14.4. The van der Waals surface area contributed by atoms with Gasteiger partial charge in [-0.05, 0) is 55.3 Å². The van der Waals surface area contributed by atoms with Gasteiger partial charge in [-0.1, -0.05) is 19.1 Å². The van der Waals surface area contributed by atoms with Gasteiger partial charge < -0.3 is 10.1 Å². The Kier molecular flexibility index (Phi) is 8.08. The van der Waals surface area contributed by atoms with Crippen LogP contribution in [0.15, 0.2) is 53.4 Å². The van der Waals surface area contributed by atoms with Gasteiger partial charge in [0.2, 0.25) is 15.9 Å². The van der Waals surface area contributed by atoms with Crippen LogP contribution in [0.2, 0.25) is 0 Å². The molecule has 10 heteroatoms. The third-order valence-corrected chi connectivity index (χ3v) is 6.74. The number of carbonyl (C=O) groups is 1. The molecule has 8 nitrogen and oxygen atoms in total. The third kappa shape index (κ3) is 7.25. The van der Waals surface area contributed by atoms with Gasteiger partial charge in [-0.2, -0.15) is 0 Å². The van der Waals surface area contributed by atoms with Gasteiger partial charge in [0.1, 0.15) is 12.3 Å². The minimum absolute atomic E-state index is 0.185. The summed E-state index contributed by atoms with van der Waals surface area (Å²) in [6, 6.07) is 12.2. The number of anilines is 1. The average Bonchev–Trinajstić information content (AvgIpc) is 2.69. The van der Waals surface area contributed by atoms with Gasteiger partial charge in [0, 0.05) is 6.26 Å². The van der Waals surface area contributed by atoms with Crippen LogP contribution >= 0.6 is 0 Å². The van der Waals surface area contributed by atoms with E-state index in [2.05, 4.69) is 5.32 Å². The van der Waals surface area contributed by atoms with Gasteiger partial charge in [0.25, 0.3) is 0 Å². The fourth-order valence-electron chi connectivity index (χ4n) is 2.83. The topological polar surface area (TPSA) is 110 Å². The summed E-state index contributed by atoms with van der Waals surface area (Å²) >= 11 is 0. The molecule has 0 saturated carbocycles. The Morgan fingerprint density at radius 2 is 1.58 bits per heavy atom. The Hall–Kier alpha value is -2.59. The molecule has 2 rings (SSSR count). The highest BCUT2D eigenvalue weighted by atomic mass is 32.2. The number of nitrogens with one attached hydrogen (secondary N) is 1. The van der Waals surface area contributed by atoms with Crippen LogP contribution in [-0.4, -0.2) is 48.4 Å². The fraction of sp³-hybridized carbons (Fsp3) is 0.381. The second-order valence-corrected chi connectivity index (χ2v) is 11.2. The minimum Gasteiger partial charge on any atom is -0.494 e. The molecule has 1 N–H and O–H groups in total. The van der Waals surface area contributed by atoms with E-state index >= 15 is 0 Å². The molecular formula is C21H28N2O6S2. The fourth-order valence-corrected chi connectivity index (χ4v) is 4.32. The Labute approximate surface area is 184 Å². The molecule has 0 bridgehead atoms. The van der Waals surface area contributed by atoms with E-state index in [0.717, 1.165) is 23.2 Å². The van der Waals surface area contributed by atoms with Crippen molar-refractivity contribution in [1.29, 1.82) is 0 Å². The molecule has 0 saturated heterocycles. The number of sulfonamides is 1. The van der Waals surface area contributed by atoms with Crippen molar-refractivity contribution >= 4 is 31.5 Å². The Bertz CT molecular complexity index is 1100. The minimum atomic E-state index is -3.70. The number of carbonyl (C=O) groups excluding carboxylic acids is 1. The maximum Gasteiger partial charge on any atom is 0.241 e. The molecule has 0 aliphatic carbocycles. The quantitative estimate of drug-likeness (QED) is 0.574. The largest absolute Gasteiger partial charge is 0.494 e. The van der Waals surface area contributed by atoms with Gasteiger partial charge in [-0.15, -0.1) is 0 Å². The summed E-state index contributed by atoms with van der Waals surface area (Å²) < 4.78 is 54.2. The first-order valence-corrected chi connectivity index (χ1v) is 13.5. The van der Waals surface area contributed by atoms with E-state index in [4.69, 9.17) is 4.74 Å². The molecule has 0 aromatic heterocycles. The van der Waals surface area contributed by atoms with Gasteiger partial charge >= 0.3 is 0 Å². The van der Waals surface area contributed by atoms with Gasteiger partial charge in [0.15, 0.2) is 9.84 Å². The highest BCUT2D eigenvalue weighted by Gasteiger charge is 2.22. The van der Waals surface area contributed by atoms with Gasteiger partial charge in [-0.25, -0.2) is 16.8 Å². The van der Waals surface area contributed by atoms with Crippen molar-refractivity contribution in [3.63, 3.8) is 0 Å². The van der Waals surface area contributed by atoms with Crippen molar-refractivity contribution in [3.05, 3.63) is 54.1 Å².